The number of anilines is 2. The van der Waals surface area contributed by atoms with Crippen molar-refractivity contribution in [2.75, 3.05) is 17.2 Å². The van der Waals surface area contributed by atoms with Crippen LogP contribution in [0.3, 0.4) is 0 Å². The third kappa shape index (κ3) is 4.86. The molecule has 0 unspecified atom stereocenters. The number of nitrogens with two attached hydrogens (primary N) is 1. The second-order valence-corrected chi connectivity index (χ2v) is 11.6. The summed E-state index contributed by atoms with van der Waals surface area (Å²) in [6, 6.07) is 12.3. The van der Waals surface area contributed by atoms with E-state index in [0.29, 0.717) is 18.3 Å². The number of carbonyl (C=O) groups excluding carboxylic acids is 1. The van der Waals surface area contributed by atoms with Crippen molar-refractivity contribution >= 4 is 27.6 Å². The van der Waals surface area contributed by atoms with Crippen molar-refractivity contribution in [1.29, 1.82) is 0 Å². The van der Waals surface area contributed by atoms with Crippen LogP contribution in [0.4, 0.5) is 11.6 Å². The van der Waals surface area contributed by atoms with Gasteiger partial charge in [0.25, 0.3) is 15.9 Å². The normalized spacial score (nSPS) is 17.4. The summed E-state index contributed by atoms with van der Waals surface area (Å²) in [4.78, 5) is 23.9. The van der Waals surface area contributed by atoms with Gasteiger partial charge in [0.2, 0.25) is 0 Å². The van der Waals surface area contributed by atoms with Crippen LogP contribution in [0.5, 0.6) is 0 Å². The van der Waals surface area contributed by atoms with E-state index in [4.69, 9.17) is 10.7 Å². The van der Waals surface area contributed by atoms with Crippen molar-refractivity contribution in [2.45, 2.75) is 51.5 Å². The molecule has 3 heterocycles. The summed E-state index contributed by atoms with van der Waals surface area (Å²) in [5.74, 6) is -0.0858. The lowest BCUT2D eigenvalue weighted by Crippen LogP contribution is -2.41. The van der Waals surface area contributed by atoms with E-state index in [0.717, 1.165) is 23.2 Å². The first-order valence-corrected chi connectivity index (χ1v) is 13.0. The lowest BCUT2D eigenvalue weighted by atomic mass is 9.97. The number of aromatic nitrogens is 2. The van der Waals surface area contributed by atoms with Gasteiger partial charge in [-0.15, -0.1) is 0 Å². The Balaban J connectivity index is 1.79. The molecule has 9 heteroatoms. The minimum Gasteiger partial charge on any atom is -0.383 e. The van der Waals surface area contributed by atoms with Crippen LogP contribution < -0.4 is 15.4 Å². The molecule has 0 saturated carbocycles. The van der Waals surface area contributed by atoms with Crippen molar-refractivity contribution in [1.82, 2.24) is 14.7 Å². The second kappa shape index (κ2) is 8.96. The van der Waals surface area contributed by atoms with Gasteiger partial charge >= 0.3 is 0 Å². The van der Waals surface area contributed by atoms with Gasteiger partial charge in [0.1, 0.15) is 16.5 Å². The molecular formula is C26H31N5O3S. The van der Waals surface area contributed by atoms with Crippen molar-refractivity contribution < 1.29 is 13.2 Å². The Morgan fingerprint density at radius 1 is 1.14 bits per heavy atom. The Morgan fingerprint density at radius 2 is 1.89 bits per heavy atom. The number of aryl methyl sites for hydroxylation is 2. The zero-order chi connectivity index (χ0) is 25.5. The molecule has 0 radical (unpaired) electrons. The third-order valence-electron chi connectivity index (χ3n) is 6.57. The minimum atomic E-state index is -4.22. The fourth-order valence-corrected chi connectivity index (χ4v) is 5.76. The molecule has 184 valence electrons. The Kier molecular flexibility index (Phi) is 6.31. The van der Waals surface area contributed by atoms with Gasteiger partial charge in [0.15, 0.2) is 0 Å². The maximum atomic E-state index is 13.3. The molecule has 1 amide bonds. The Bertz CT molecular complexity index is 1400. The van der Waals surface area contributed by atoms with E-state index in [2.05, 4.69) is 48.4 Å². The summed E-state index contributed by atoms with van der Waals surface area (Å²) in [5.41, 5.74) is 9.65. The smallest absolute Gasteiger partial charge is 0.268 e. The monoisotopic (exact) mass is 493 g/mol. The summed E-state index contributed by atoms with van der Waals surface area (Å²) in [6.07, 6.45) is 2.31. The van der Waals surface area contributed by atoms with Gasteiger partial charge in [0, 0.05) is 23.8 Å². The molecule has 3 N–H and O–H groups in total. The van der Waals surface area contributed by atoms with E-state index >= 15 is 0 Å². The van der Waals surface area contributed by atoms with E-state index in [1.54, 1.807) is 12.1 Å². The van der Waals surface area contributed by atoms with Crippen molar-refractivity contribution in [3.05, 3.63) is 65.4 Å². The molecule has 3 aromatic rings. The van der Waals surface area contributed by atoms with Crippen LogP contribution in [0.1, 0.15) is 48.7 Å². The summed E-state index contributed by atoms with van der Waals surface area (Å²) in [6.45, 7) is 11.2. The number of hydrogen-bond donors (Lipinski definition) is 2. The van der Waals surface area contributed by atoms with E-state index < -0.39 is 15.9 Å². The van der Waals surface area contributed by atoms with Crippen molar-refractivity contribution in [3.8, 4) is 11.3 Å². The van der Waals surface area contributed by atoms with E-state index in [-0.39, 0.29) is 21.8 Å². The summed E-state index contributed by atoms with van der Waals surface area (Å²) in [7, 11) is -4.22. The number of carbonyl (C=O) groups is 1. The highest BCUT2D eigenvalue weighted by Gasteiger charge is 2.39. The van der Waals surface area contributed by atoms with Gasteiger partial charge in [-0.1, -0.05) is 19.1 Å². The fourth-order valence-electron chi connectivity index (χ4n) is 4.71. The lowest BCUT2D eigenvalue weighted by Gasteiger charge is -2.34. The molecule has 0 bridgehead atoms. The Labute approximate surface area is 206 Å². The first-order valence-electron chi connectivity index (χ1n) is 11.5. The van der Waals surface area contributed by atoms with Crippen LogP contribution >= 0.6 is 0 Å². The quantitative estimate of drug-likeness (QED) is 0.550. The first-order chi connectivity index (χ1) is 16.4. The van der Waals surface area contributed by atoms with Crippen LogP contribution in [-0.2, 0) is 10.0 Å². The summed E-state index contributed by atoms with van der Waals surface area (Å²) < 4.78 is 28.0. The number of nitrogens with zero attached hydrogens (tertiary/aromatic N) is 3. The molecule has 35 heavy (non-hydrogen) atoms. The average molecular weight is 494 g/mol. The van der Waals surface area contributed by atoms with Crippen LogP contribution in [0, 0.1) is 19.8 Å². The number of amides is 1. The van der Waals surface area contributed by atoms with Crippen LogP contribution in [0.25, 0.3) is 11.3 Å². The highest BCUT2D eigenvalue weighted by Crippen LogP contribution is 2.38. The standard InChI is InChI=1S/C26H31N5O3S/c1-16-14-26(4,5)31(15-16)24-20(10-11-21(29-24)19-9-8-17(2)18(3)13-19)25(32)30-35(33,34)22-7-6-12-28-23(22)27/h6-13,16H,14-15H2,1-5H3,(H2,27,28)(H,30,32)/t16-/m0/s1. The molecule has 4 rings (SSSR count). The van der Waals surface area contributed by atoms with Crippen molar-refractivity contribution in [3.63, 3.8) is 0 Å². The van der Waals surface area contributed by atoms with E-state index in [1.165, 1.54) is 23.9 Å². The number of hydrogen-bond acceptors (Lipinski definition) is 7. The van der Waals surface area contributed by atoms with Gasteiger partial charge in [0.05, 0.1) is 11.3 Å². The molecule has 2 aromatic heterocycles. The molecule has 1 aliphatic rings. The molecule has 1 aromatic carbocycles. The summed E-state index contributed by atoms with van der Waals surface area (Å²) >= 11 is 0. The molecule has 0 aliphatic carbocycles. The molecule has 1 atom stereocenters. The molecule has 8 nitrogen and oxygen atoms in total. The van der Waals surface area contributed by atoms with Crippen LogP contribution in [-0.4, -0.2) is 36.4 Å². The molecule has 1 aliphatic heterocycles. The Hall–Kier alpha value is -3.46. The van der Waals surface area contributed by atoms with Crippen LogP contribution in [0.15, 0.2) is 53.6 Å². The van der Waals surface area contributed by atoms with Gasteiger partial charge in [-0.3, -0.25) is 4.79 Å². The number of rotatable bonds is 5. The number of sulfonamides is 1. The first kappa shape index (κ1) is 24.7. The highest BCUT2D eigenvalue weighted by atomic mass is 32.2. The highest BCUT2D eigenvalue weighted by molar-refractivity contribution is 7.90. The number of benzene rings is 1. The SMILES string of the molecule is Cc1ccc(-c2ccc(C(=O)NS(=O)(=O)c3cccnc3N)c(N3C[C@@H](C)CC3(C)C)n2)cc1C. The van der Waals surface area contributed by atoms with Gasteiger partial charge in [-0.2, -0.15) is 0 Å². The maximum absolute atomic E-state index is 13.3. The topological polar surface area (TPSA) is 118 Å². The van der Waals surface area contributed by atoms with Gasteiger partial charge in [-0.05, 0) is 81.5 Å². The molecule has 1 fully saturated rings. The zero-order valence-electron chi connectivity index (χ0n) is 20.7. The zero-order valence-corrected chi connectivity index (χ0v) is 21.5. The number of nitrogen functional groups attached to an aromatic ring is 1. The van der Waals surface area contributed by atoms with E-state index in [1.807, 2.05) is 19.1 Å². The molecule has 1 saturated heterocycles. The fraction of sp³-hybridized carbons (Fsp3) is 0.346. The van der Waals surface area contributed by atoms with Crippen LogP contribution in [0.2, 0.25) is 0 Å². The average Bonchev–Trinajstić information content (AvgIpc) is 3.06. The van der Waals surface area contributed by atoms with Gasteiger partial charge < -0.3 is 10.6 Å². The minimum absolute atomic E-state index is 0.175. The van der Waals surface area contributed by atoms with Gasteiger partial charge in [-0.25, -0.2) is 23.1 Å². The number of pyridine rings is 2. The molecular weight excluding hydrogens is 462 g/mol. The second-order valence-electron chi connectivity index (χ2n) is 9.92. The predicted octanol–water partition coefficient (Wildman–Crippen LogP) is 4.09. The maximum Gasteiger partial charge on any atom is 0.268 e. The lowest BCUT2D eigenvalue weighted by molar-refractivity contribution is 0.0981. The largest absolute Gasteiger partial charge is 0.383 e. The molecule has 0 spiro atoms. The van der Waals surface area contributed by atoms with E-state index in [9.17, 15) is 13.2 Å². The van der Waals surface area contributed by atoms with Crippen molar-refractivity contribution in [2.24, 2.45) is 5.92 Å². The third-order valence-corrected chi connectivity index (χ3v) is 7.95. The predicted molar refractivity (Wildman–Crippen MR) is 138 cm³/mol. The summed E-state index contributed by atoms with van der Waals surface area (Å²) in [5, 5.41) is 0. The Morgan fingerprint density at radius 3 is 2.51 bits per heavy atom. The number of nitrogens with one attached hydrogen (secondary N) is 1.